The predicted octanol–water partition coefficient (Wildman–Crippen LogP) is 3.68. The first kappa shape index (κ1) is 14.8. The van der Waals surface area contributed by atoms with E-state index in [0.29, 0.717) is 5.25 Å². The van der Waals surface area contributed by atoms with Crippen LogP contribution in [0.4, 0.5) is 0 Å². The van der Waals surface area contributed by atoms with Crippen molar-refractivity contribution < 1.29 is 0 Å². The monoisotopic (exact) mass is 272 g/mol. The molecule has 0 saturated heterocycles. The third-order valence-corrected chi connectivity index (χ3v) is 4.76. The van der Waals surface area contributed by atoms with Crippen LogP contribution in [0.15, 0.2) is 18.2 Å². The van der Waals surface area contributed by atoms with Crippen molar-refractivity contribution in [1.29, 1.82) is 0 Å². The molecule has 0 amide bonds. The van der Waals surface area contributed by atoms with Crippen LogP contribution in [0.25, 0.3) is 0 Å². The van der Waals surface area contributed by atoms with E-state index in [1.807, 2.05) is 30.8 Å². The highest BCUT2D eigenvalue weighted by Gasteiger charge is 2.12. The van der Waals surface area contributed by atoms with E-state index in [9.17, 15) is 0 Å². The van der Waals surface area contributed by atoms with Gasteiger partial charge in [-0.3, -0.25) is 11.3 Å². The molecule has 1 rings (SSSR count). The van der Waals surface area contributed by atoms with Gasteiger partial charge in [0.05, 0.1) is 6.04 Å². The van der Waals surface area contributed by atoms with Crippen molar-refractivity contribution in [3.05, 3.63) is 34.3 Å². The molecule has 3 N–H and O–H groups in total. The number of halogens is 1. The van der Waals surface area contributed by atoms with E-state index < -0.39 is 0 Å². The number of rotatable bonds is 6. The van der Waals surface area contributed by atoms with Gasteiger partial charge in [0.2, 0.25) is 0 Å². The standard InChI is InChI=1S/C13H21ClN2S/c1-4-10(3)17-8-13(16-15)11-6-5-9(2)12(14)7-11/h5-7,10,13,16H,4,8,15H2,1-3H3. The topological polar surface area (TPSA) is 38.0 Å². The number of nitrogens with two attached hydrogens (primary N) is 1. The molecule has 1 aromatic rings. The quantitative estimate of drug-likeness (QED) is 0.613. The summed E-state index contributed by atoms with van der Waals surface area (Å²) in [6.45, 7) is 6.44. The Labute approximate surface area is 113 Å². The molecule has 0 heterocycles. The third-order valence-electron chi connectivity index (χ3n) is 2.92. The van der Waals surface area contributed by atoms with Crippen molar-refractivity contribution in [1.82, 2.24) is 5.43 Å². The number of hydrazine groups is 1. The van der Waals surface area contributed by atoms with Crippen LogP contribution in [0, 0.1) is 6.92 Å². The fourth-order valence-corrected chi connectivity index (χ4v) is 2.68. The van der Waals surface area contributed by atoms with Gasteiger partial charge in [0.15, 0.2) is 0 Å². The van der Waals surface area contributed by atoms with E-state index in [1.165, 1.54) is 6.42 Å². The zero-order valence-corrected chi connectivity index (χ0v) is 12.2. The van der Waals surface area contributed by atoms with Crippen LogP contribution < -0.4 is 11.3 Å². The molecule has 0 aliphatic rings. The van der Waals surface area contributed by atoms with E-state index in [2.05, 4.69) is 25.3 Å². The number of hydrogen-bond acceptors (Lipinski definition) is 3. The Morgan fingerprint density at radius 1 is 1.47 bits per heavy atom. The zero-order chi connectivity index (χ0) is 12.8. The maximum Gasteiger partial charge on any atom is 0.0551 e. The average Bonchev–Trinajstić information content (AvgIpc) is 2.33. The highest BCUT2D eigenvalue weighted by molar-refractivity contribution is 7.99. The average molecular weight is 273 g/mol. The van der Waals surface area contributed by atoms with Gasteiger partial charge in [0.25, 0.3) is 0 Å². The molecule has 0 spiro atoms. The van der Waals surface area contributed by atoms with Crippen LogP contribution in [0.5, 0.6) is 0 Å². The van der Waals surface area contributed by atoms with Crippen molar-refractivity contribution >= 4 is 23.4 Å². The summed E-state index contributed by atoms with van der Waals surface area (Å²) in [7, 11) is 0. The number of benzene rings is 1. The first-order valence-corrected chi connectivity index (χ1v) is 7.35. The first-order valence-electron chi connectivity index (χ1n) is 5.92. The Balaban J connectivity index is 2.69. The molecule has 4 heteroatoms. The van der Waals surface area contributed by atoms with Gasteiger partial charge in [-0.2, -0.15) is 11.8 Å². The first-order chi connectivity index (χ1) is 8.08. The smallest absolute Gasteiger partial charge is 0.0551 e. The fourth-order valence-electron chi connectivity index (χ4n) is 1.44. The highest BCUT2D eigenvalue weighted by Crippen LogP contribution is 2.25. The SMILES string of the molecule is CCC(C)SCC(NN)c1ccc(C)c(Cl)c1. The van der Waals surface area contributed by atoms with Crippen LogP contribution in [-0.4, -0.2) is 11.0 Å². The Bertz CT molecular complexity index is 357. The van der Waals surface area contributed by atoms with Gasteiger partial charge in [-0.15, -0.1) is 0 Å². The second-order valence-corrected chi connectivity index (χ2v) is 6.16. The van der Waals surface area contributed by atoms with E-state index >= 15 is 0 Å². The molecular weight excluding hydrogens is 252 g/mol. The number of aryl methyl sites for hydroxylation is 1. The molecule has 0 aromatic heterocycles. The normalized spacial score (nSPS) is 14.6. The van der Waals surface area contributed by atoms with E-state index in [-0.39, 0.29) is 6.04 Å². The largest absolute Gasteiger partial charge is 0.271 e. The summed E-state index contributed by atoms with van der Waals surface area (Å²) in [5, 5.41) is 1.46. The van der Waals surface area contributed by atoms with Crippen LogP contribution in [0.2, 0.25) is 5.02 Å². The third kappa shape index (κ3) is 4.51. The maximum absolute atomic E-state index is 6.13. The second kappa shape index (κ2) is 7.27. The van der Waals surface area contributed by atoms with Gasteiger partial charge in [-0.25, -0.2) is 0 Å². The molecule has 0 bridgehead atoms. The lowest BCUT2D eigenvalue weighted by molar-refractivity contribution is 0.609. The lowest BCUT2D eigenvalue weighted by Gasteiger charge is -2.18. The Hall–Kier alpha value is -0.220. The summed E-state index contributed by atoms with van der Waals surface area (Å²) in [6, 6.07) is 6.28. The molecule has 1 aromatic carbocycles. The van der Waals surface area contributed by atoms with E-state index in [4.69, 9.17) is 17.4 Å². The maximum atomic E-state index is 6.13. The minimum absolute atomic E-state index is 0.159. The fraction of sp³-hybridized carbons (Fsp3) is 0.538. The Kier molecular flexibility index (Phi) is 6.34. The summed E-state index contributed by atoms with van der Waals surface area (Å²) in [5.41, 5.74) is 5.11. The minimum Gasteiger partial charge on any atom is -0.271 e. The molecule has 17 heavy (non-hydrogen) atoms. The summed E-state index contributed by atoms with van der Waals surface area (Å²) >= 11 is 8.06. The summed E-state index contributed by atoms with van der Waals surface area (Å²) in [4.78, 5) is 0. The number of thioether (sulfide) groups is 1. The van der Waals surface area contributed by atoms with Gasteiger partial charge in [-0.1, -0.05) is 37.6 Å². The number of hydrogen-bond donors (Lipinski definition) is 2. The summed E-state index contributed by atoms with van der Waals surface area (Å²) in [5.74, 6) is 6.58. The van der Waals surface area contributed by atoms with Crippen LogP contribution in [-0.2, 0) is 0 Å². The highest BCUT2D eigenvalue weighted by atomic mass is 35.5. The van der Waals surface area contributed by atoms with Crippen molar-refractivity contribution in [3.63, 3.8) is 0 Å². The second-order valence-electron chi connectivity index (χ2n) is 4.28. The predicted molar refractivity (Wildman–Crippen MR) is 78.5 cm³/mol. The van der Waals surface area contributed by atoms with Gasteiger partial charge < -0.3 is 0 Å². The van der Waals surface area contributed by atoms with Crippen molar-refractivity contribution in [2.24, 2.45) is 5.84 Å². The van der Waals surface area contributed by atoms with E-state index in [1.54, 1.807) is 0 Å². The lowest BCUT2D eigenvalue weighted by Crippen LogP contribution is -2.30. The molecule has 0 fully saturated rings. The van der Waals surface area contributed by atoms with Gasteiger partial charge in [-0.05, 0) is 30.5 Å². The van der Waals surface area contributed by atoms with E-state index in [0.717, 1.165) is 21.9 Å². The molecule has 0 aliphatic carbocycles. The molecule has 2 nitrogen and oxygen atoms in total. The number of nitrogens with one attached hydrogen (secondary N) is 1. The molecule has 0 saturated carbocycles. The van der Waals surface area contributed by atoms with Crippen molar-refractivity contribution in [2.75, 3.05) is 5.75 Å². The summed E-state index contributed by atoms with van der Waals surface area (Å²) in [6.07, 6.45) is 1.18. The van der Waals surface area contributed by atoms with Crippen LogP contribution in [0.3, 0.4) is 0 Å². The van der Waals surface area contributed by atoms with Crippen molar-refractivity contribution in [3.8, 4) is 0 Å². The summed E-state index contributed by atoms with van der Waals surface area (Å²) < 4.78 is 0. The molecule has 2 unspecified atom stereocenters. The molecular formula is C13H21ClN2S. The Morgan fingerprint density at radius 3 is 2.71 bits per heavy atom. The van der Waals surface area contributed by atoms with Crippen molar-refractivity contribution in [2.45, 2.75) is 38.5 Å². The van der Waals surface area contributed by atoms with Crippen LogP contribution >= 0.6 is 23.4 Å². The molecule has 96 valence electrons. The molecule has 2 atom stereocenters. The zero-order valence-electron chi connectivity index (χ0n) is 10.7. The van der Waals surface area contributed by atoms with Gasteiger partial charge >= 0.3 is 0 Å². The van der Waals surface area contributed by atoms with Gasteiger partial charge in [0.1, 0.15) is 0 Å². The van der Waals surface area contributed by atoms with Gasteiger partial charge in [0, 0.05) is 16.0 Å². The molecule has 0 radical (unpaired) electrons. The minimum atomic E-state index is 0.159. The Morgan fingerprint density at radius 2 is 2.18 bits per heavy atom. The van der Waals surface area contributed by atoms with Crippen LogP contribution in [0.1, 0.15) is 37.4 Å². The molecule has 0 aliphatic heterocycles. The lowest BCUT2D eigenvalue weighted by atomic mass is 10.1.